The van der Waals surface area contributed by atoms with E-state index in [9.17, 15) is 4.79 Å². The zero-order chi connectivity index (χ0) is 15.3. The van der Waals surface area contributed by atoms with Gasteiger partial charge in [-0.25, -0.2) is 4.79 Å². The average Bonchev–Trinajstić information content (AvgIpc) is 2.29. The summed E-state index contributed by atoms with van der Waals surface area (Å²) in [5, 5.41) is 11.7. The molecule has 0 aliphatic carbocycles. The topological polar surface area (TPSA) is 84.6 Å². The summed E-state index contributed by atoms with van der Waals surface area (Å²) in [7, 11) is 0. The Morgan fingerprint density at radius 1 is 1.45 bits per heavy atom. The van der Waals surface area contributed by atoms with Crippen molar-refractivity contribution in [2.45, 2.75) is 45.8 Å². The van der Waals surface area contributed by atoms with Gasteiger partial charge in [0.05, 0.1) is 0 Å². The van der Waals surface area contributed by atoms with Gasteiger partial charge in [-0.2, -0.15) is 0 Å². The Labute approximate surface area is 120 Å². The van der Waals surface area contributed by atoms with E-state index in [1.807, 2.05) is 45.9 Å². The second-order valence-electron chi connectivity index (χ2n) is 5.82. The molecular weight excluding hydrogens is 256 g/mol. The van der Waals surface area contributed by atoms with Gasteiger partial charge in [0.15, 0.2) is 0 Å². The van der Waals surface area contributed by atoms with Gasteiger partial charge in [-0.1, -0.05) is 12.1 Å². The molecule has 0 saturated carbocycles. The normalized spacial score (nSPS) is 12.9. The van der Waals surface area contributed by atoms with Crippen molar-refractivity contribution in [3.8, 4) is 0 Å². The summed E-state index contributed by atoms with van der Waals surface area (Å²) < 4.78 is 5.22. The first-order chi connectivity index (χ1) is 9.23. The van der Waals surface area contributed by atoms with Crippen LogP contribution in [0.5, 0.6) is 0 Å². The molecule has 0 aromatic heterocycles. The largest absolute Gasteiger partial charge is 0.444 e. The molecule has 0 radical (unpaired) electrons. The van der Waals surface area contributed by atoms with Crippen LogP contribution in [0.3, 0.4) is 0 Å². The molecular formula is C15H24N2O3. The molecule has 0 aliphatic rings. The lowest BCUT2D eigenvalue weighted by Gasteiger charge is -2.21. The molecule has 1 unspecified atom stereocenters. The van der Waals surface area contributed by atoms with Crippen LogP contribution in [0, 0.1) is 6.92 Å². The first kappa shape index (κ1) is 16.5. The zero-order valence-corrected chi connectivity index (χ0v) is 12.6. The van der Waals surface area contributed by atoms with E-state index in [0.717, 1.165) is 11.1 Å². The van der Waals surface area contributed by atoms with Crippen molar-refractivity contribution in [1.82, 2.24) is 0 Å². The van der Waals surface area contributed by atoms with E-state index in [0.29, 0.717) is 12.1 Å². The van der Waals surface area contributed by atoms with Crippen molar-refractivity contribution in [3.63, 3.8) is 0 Å². The predicted octanol–water partition coefficient (Wildman–Crippen LogP) is 2.72. The monoisotopic (exact) mass is 280 g/mol. The van der Waals surface area contributed by atoms with Crippen LogP contribution in [0.2, 0.25) is 0 Å². The number of carbonyl (C=O) groups excluding carboxylic acids is 1. The number of carbonyl (C=O) groups is 1. The van der Waals surface area contributed by atoms with Crippen LogP contribution in [0.15, 0.2) is 18.2 Å². The van der Waals surface area contributed by atoms with Gasteiger partial charge in [0.25, 0.3) is 0 Å². The number of anilines is 1. The van der Waals surface area contributed by atoms with E-state index in [-0.39, 0.29) is 12.6 Å². The van der Waals surface area contributed by atoms with Crippen molar-refractivity contribution in [3.05, 3.63) is 29.3 Å². The first-order valence-corrected chi connectivity index (χ1v) is 6.70. The van der Waals surface area contributed by atoms with E-state index >= 15 is 0 Å². The minimum atomic E-state index is -0.539. The van der Waals surface area contributed by atoms with Crippen LogP contribution >= 0.6 is 0 Å². The molecule has 1 rings (SSSR count). The highest BCUT2D eigenvalue weighted by atomic mass is 16.6. The molecule has 1 amide bonds. The molecule has 5 nitrogen and oxygen atoms in total. The van der Waals surface area contributed by atoms with Crippen LogP contribution in [-0.2, 0) is 4.74 Å². The highest BCUT2D eigenvalue weighted by Crippen LogP contribution is 2.22. The number of rotatable bonds is 4. The summed E-state index contributed by atoms with van der Waals surface area (Å²) in [5.41, 5.74) is 7.88. The number of aliphatic hydroxyl groups excluding tert-OH is 1. The fraction of sp³-hybridized carbons (Fsp3) is 0.533. The van der Waals surface area contributed by atoms with E-state index in [2.05, 4.69) is 5.32 Å². The van der Waals surface area contributed by atoms with E-state index in [1.165, 1.54) is 0 Å². The molecule has 1 atom stereocenters. The number of hydrogen-bond acceptors (Lipinski definition) is 4. The van der Waals surface area contributed by atoms with Gasteiger partial charge in [0.2, 0.25) is 0 Å². The smallest absolute Gasteiger partial charge is 0.412 e. The fourth-order valence-corrected chi connectivity index (χ4v) is 1.72. The third-order valence-corrected chi connectivity index (χ3v) is 2.77. The highest BCUT2D eigenvalue weighted by Gasteiger charge is 2.17. The second-order valence-corrected chi connectivity index (χ2v) is 5.82. The average molecular weight is 280 g/mol. The Morgan fingerprint density at radius 2 is 2.10 bits per heavy atom. The maximum Gasteiger partial charge on any atom is 0.412 e. The number of benzene rings is 1. The summed E-state index contributed by atoms with van der Waals surface area (Å²) in [6, 6.07) is 5.36. The lowest BCUT2D eigenvalue weighted by molar-refractivity contribution is 0.0636. The number of hydrogen-bond donors (Lipinski definition) is 3. The number of ether oxygens (including phenoxy) is 1. The van der Waals surface area contributed by atoms with Crippen LogP contribution < -0.4 is 11.1 Å². The fourth-order valence-electron chi connectivity index (χ4n) is 1.72. The van der Waals surface area contributed by atoms with Crippen molar-refractivity contribution < 1.29 is 14.6 Å². The second kappa shape index (κ2) is 6.72. The van der Waals surface area contributed by atoms with Crippen molar-refractivity contribution >= 4 is 11.8 Å². The van der Waals surface area contributed by atoms with Gasteiger partial charge in [-0.15, -0.1) is 0 Å². The predicted molar refractivity (Wildman–Crippen MR) is 79.7 cm³/mol. The zero-order valence-electron chi connectivity index (χ0n) is 12.6. The molecule has 1 aromatic rings. The summed E-state index contributed by atoms with van der Waals surface area (Å²) in [6.45, 7) is 7.37. The standard InChI is InChI=1S/C15H24N2O3/c1-10-5-6-11(12(16)7-8-18)9-13(10)17-14(19)20-15(2,3)4/h5-6,9,12,18H,7-8,16H2,1-4H3,(H,17,19). The molecule has 0 aliphatic heterocycles. The maximum absolute atomic E-state index is 11.8. The molecule has 5 heteroatoms. The van der Waals surface area contributed by atoms with Gasteiger partial charge in [-0.05, 0) is 51.3 Å². The summed E-state index contributed by atoms with van der Waals surface area (Å²) in [5.74, 6) is 0. The van der Waals surface area contributed by atoms with Crippen molar-refractivity contribution in [1.29, 1.82) is 0 Å². The highest BCUT2D eigenvalue weighted by molar-refractivity contribution is 5.86. The Balaban J connectivity index is 2.84. The summed E-state index contributed by atoms with van der Waals surface area (Å²) in [6.07, 6.45) is -0.0111. The SMILES string of the molecule is Cc1ccc(C(N)CCO)cc1NC(=O)OC(C)(C)C. The minimum absolute atomic E-state index is 0.0316. The lowest BCUT2D eigenvalue weighted by Crippen LogP contribution is -2.27. The van der Waals surface area contributed by atoms with Gasteiger partial charge < -0.3 is 15.6 Å². The molecule has 0 heterocycles. The van der Waals surface area contributed by atoms with Gasteiger partial charge in [-0.3, -0.25) is 5.32 Å². The van der Waals surface area contributed by atoms with Gasteiger partial charge >= 0.3 is 6.09 Å². The lowest BCUT2D eigenvalue weighted by atomic mass is 10.0. The van der Waals surface area contributed by atoms with Crippen LogP contribution in [-0.4, -0.2) is 23.4 Å². The Morgan fingerprint density at radius 3 is 2.65 bits per heavy atom. The van der Waals surface area contributed by atoms with Crippen molar-refractivity contribution in [2.75, 3.05) is 11.9 Å². The van der Waals surface area contributed by atoms with E-state index in [1.54, 1.807) is 0 Å². The Kier molecular flexibility index (Phi) is 5.53. The number of aryl methyl sites for hydroxylation is 1. The van der Waals surface area contributed by atoms with Gasteiger partial charge in [0.1, 0.15) is 5.60 Å². The first-order valence-electron chi connectivity index (χ1n) is 6.70. The molecule has 112 valence electrons. The summed E-state index contributed by atoms with van der Waals surface area (Å²) in [4.78, 5) is 11.8. The van der Waals surface area contributed by atoms with Crippen LogP contribution in [0.4, 0.5) is 10.5 Å². The number of nitrogens with two attached hydrogens (primary N) is 1. The van der Waals surface area contributed by atoms with Gasteiger partial charge in [0, 0.05) is 18.3 Å². The Bertz CT molecular complexity index is 467. The molecule has 4 N–H and O–H groups in total. The van der Waals surface area contributed by atoms with E-state index in [4.69, 9.17) is 15.6 Å². The number of amides is 1. The maximum atomic E-state index is 11.8. The molecule has 20 heavy (non-hydrogen) atoms. The third-order valence-electron chi connectivity index (χ3n) is 2.77. The molecule has 1 aromatic carbocycles. The minimum Gasteiger partial charge on any atom is -0.444 e. The molecule has 0 bridgehead atoms. The number of aliphatic hydroxyl groups is 1. The van der Waals surface area contributed by atoms with Crippen LogP contribution in [0.25, 0.3) is 0 Å². The van der Waals surface area contributed by atoms with Crippen LogP contribution in [0.1, 0.15) is 44.4 Å². The molecule has 0 saturated heterocycles. The summed E-state index contributed by atoms with van der Waals surface area (Å²) >= 11 is 0. The number of nitrogens with one attached hydrogen (secondary N) is 1. The molecule has 0 fully saturated rings. The van der Waals surface area contributed by atoms with E-state index < -0.39 is 11.7 Å². The van der Waals surface area contributed by atoms with Crippen molar-refractivity contribution in [2.24, 2.45) is 5.73 Å². The Hall–Kier alpha value is -1.59. The molecule has 0 spiro atoms. The quantitative estimate of drug-likeness (QED) is 0.791. The third kappa shape index (κ3) is 5.19.